The lowest BCUT2D eigenvalue weighted by atomic mass is 9.95. The number of aliphatic hydroxyl groups excluding tert-OH is 1. The smallest absolute Gasteiger partial charge is 0.268 e. The number of aliphatic hydroxyl groups is 1. The number of hydrogen-bond acceptors (Lipinski definition) is 2. The van der Waals surface area contributed by atoms with Crippen LogP contribution in [0.1, 0.15) is 37.2 Å². The van der Waals surface area contributed by atoms with Crippen LogP contribution in [-0.4, -0.2) is 28.1 Å². The number of H-pyrrole nitrogens is 1. The topological polar surface area (TPSA) is 65.1 Å². The predicted molar refractivity (Wildman–Crippen MR) is 58.7 cm³/mol. The number of amides is 1. The molecule has 84 valence electrons. The van der Waals surface area contributed by atoms with Crippen LogP contribution in [0.5, 0.6) is 0 Å². The van der Waals surface area contributed by atoms with Crippen molar-refractivity contribution in [2.75, 3.05) is 6.61 Å². The van der Waals surface area contributed by atoms with E-state index in [1.807, 2.05) is 13.8 Å². The van der Waals surface area contributed by atoms with Crippen LogP contribution in [0, 0.1) is 0 Å². The molecule has 1 aromatic rings. The van der Waals surface area contributed by atoms with Gasteiger partial charge in [-0.1, -0.05) is 6.92 Å². The lowest BCUT2D eigenvalue weighted by Crippen LogP contribution is -2.46. The van der Waals surface area contributed by atoms with Gasteiger partial charge in [0, 0.05) is 18.3 Å². The van der Waals surface area contributed by atoms with E-state index in [0.29, 0.717) is 12.1 Å². The fourth-order valence-corrected chi connectivity index (χ4v) is 1.39. The first-order valence-corrected chi connectivity index (χ1v) is 5.18. The summed E-state index contributed by atoms with van der Waals surface area (Å²) in [7, 11) is 0. The average molecular weight is 210 g/mol. The van der Waals surface area contributed by atoms with Gasteiger partial charge in [0.05, 0.1) is 0 Å². The van der Waals surface area contributed by atoms with E-state index in [1.54, 1.807) is 18.3 Å². The van der Waals surface area contributed by atoms with Crippen molar-refractivity contribution in [2.24, 2.45) is 0 Å². The molecule has 0 bridgehead atoms. The van der Waals surface area contributed by atoms with Crippen molar-refractivity contribution < 1.29 is 9.90 Å². The summed E-state index contributed by atoms with van der Waals surface area (Å²) >= 11 is 0. The van der Waals surface area contributed by atoms with E-state index >= 15 is 0 Å². The predicted octanol–water partition coefficient (Wildman–Crippen LogP) is 1.30. The van der Waals surface area contributed by atoms with Gasteiger partial charge in [-0.15, -0.1) is 0 Å². The number of aromatic nitrogens is 1. The molecule has 0 saturated carbocycles. The lowest BCUT2D eigenvalue weighted by Gasteiger charge is -2.28. The molecule has 1 rings (SSSR count). The SMILES string of the molecule is CC[C@@](C)(CCO)NC(=O)c1ccc[nH]1. The molecule has 1 heterocycles. The molecule has 0 aliphatic rings. The zero-order valence-corrected chi connectivity index (χ0v) is 9.21. The summed E-state index contributed by atoms with van der Waals surface area (Å²) in [6.45, 7) is 4.00. The van der Waals surface area contributed by atoms with Gasteiger partial charge in [-0.05, 0) is 31.9 Å². The number of hydrogen-bond donors (Lipinski definition) is 3. The van der Waals surface area contributed by atoms with Crippen molar-refractivity contribution in [3.05, 3.63) is 24.0 Å². The zero-order valence-electron chi connectivity index (χ0n) is 9.21. The molecule has 0 aliphatic carbocycles. The van der Waals surface area contributed by atoms with Crippen molar-refractivity contribution in [3.63, 3.8) is 0 Å². The fraction of sp³-hybridized carbons (Fsp3) is 0.545. The maximum absolute atomic E-state index is 11.7. The Hall–Kier alpha value is -1.29. The van der Waals surface area contributed by atoms with Gasteiger partial charge in [-0.2, -0.15) is 0 Å². The fourth-order valence-electron chi connectivity index (χ4n) is 1.39. The van der Waals surface area contributed by atoms with Crippen LogP contribution in [0.4, 0.5) is 0 Å². The minimum absolute atomic E-state index is 0.0787. The molecule has 1 aromatic heterocycles. The second-order valence-electron chi connectivity index (χ2n) is 3.93. The molecule has 3 N–H and O–H groups in total. The van der Waals surface area contributed by atoms with Gasteiger partial charge in [0.15, 0.2) is 0 Å². The molecule has 0 aromatic carbocycles. The number of aromatic amines is 1. The molecular formula is C11H18N2O2. The molecule has 0 fully saturated rings. The summed E-state index contributed by atoms with van der Waals surface area (Å²) in [5.41, 5.74) is 0.212. The number of nitrogens with one attached hydrogen (secondary N) is 2. The second kappa shape index (κ2) is 4.98. The highest BCUT2D eigenvalue weighted by molar-refractivity contribution is 5.92. The van der Waals surface area contributed by atoms with Crippen molar-refractivity contribution in [1.29, 1.82) is 0 Å². The third kappa shape index (κ3) is 3.09. The monoisotopic (exact) mass is 210 g/mol. The number of carbonyl (C=O) groups excluding carboxylic acids is 1. The zero-order chi connectivity index (χ0) is 11.3. The Labute approximate surface area is 89.7 Å². The Kier molecular flexibility index (Phi) is 3.91. The van der Waals surface area contributed by atoms with Gasteiger partial charge in [0.2, 0.25) is 0 Å². The Morgan fingerprint density at radius 2 is 2.40 bits per heavy atom. The Bertz CT molecular complexity index is 308. The number of rotatable bonds is 5. The average Bonchev–Trinajstić information content (AvgIpc) is 2.71. The lowest BCUT2D eigenvalue weighted by molar-refractivity contribution is 0.0881. The molecule has 4 heteroatoms. The first kappa shape index (κ1) is 11.8. The molecule has 15 heavy (non-hydrogen) atoms. The van der Waals surface area contributed by atoms with E-state index in [9.17, 15) is 4.79 Å². The molecule has 0 radical (unpaired) electrons. The van der Waals surface area contributed by atoms with Crippen molar-refractivity contribution in [3.8, 4) is 0 Å². The minimum Gasteiger partial charge on any atom is -0.396 e. The van der Waals surface area contributed by atoms with Gasteiger partial charge in [-0.3, -0.25) is 4.79 Å². The van der Waals surface area contributed by atoms with Gasteiger partial charge >= 0.3 is 0 Å². The standard InChI is InChI=1S/C11H18N2O2/c1-3-11(2,6-8-14)13-10(15)9-5-4-7-12-9/h4-5,7,12,14H,3,6,8H2,1-2H3,(H,13,15)/t11-/m0/s1. The Balaban J connectivity index is 2.63. The second-order valence-corrected chi connectivity index (χ2v) is 3.93. The highest BCUT2D eigenvalue weighted by Gasteiger charge is 2.24. The molecule has 1 atom stereocenters. The van der Waals surface area contributed by atoms with Crippen LogP contribution < -0.4 is 5.32 Å². The normalized spacial score (nSPS) is 14.6. The molecule has 0 aliphatic heterocycles. The Morgan fingerprint density at radius 1 is 1.67 bits per heavy atom. The molecule has 1 amide bonds. The largest absolute Gasteiger partial charge is 0.396 e. The van der Waals surface area contributed by atoms with E-state index in [0.717, 1.165) is 6.42 Å². The van der Waals surface area contributed by atoms with E-state index in [4.69, 9.17) is 5.11 Å². The summed E-state index contributed by atoms with van der Waals surface area (Å²) in [5.74, 6) is -0.127. The van der Waals surface area contributed by atoms with E-state index in [1.165, 1.54) is 0 Å². The molecule has 0 unspecified atom stereocenters. The van der Waals surface area contributed by atoms with Crippen LogP contribution in [-0.2, 0) is 0 Å². The number of carbonyl (C=O) groups is 1. The molecule has 0 saturated heterocycles. The van der Waals surface area contributed by atoms with E-state index < -0.39 is 0 Å². The van der Waals surface area contributed by atoms with E-state index in [2.05, 4.69) is 10.3 Å². The minimum atomic E-state index is -0.336. The summed E-state index contributed by atoms with van der Waals surface area (Å²) in [6, 6.07) is 3.51. The van der Waals surface area contributed by atoms with Crippen molar-refractivity contribution in [2.45, 2.75) is 32.2 Å². The van der Waals surface area contributed by atoms with Crippen LogP contribution in [0.25, 0.3) is 0 Å². The maximum atomic E-state index is 11.7. The van der Waals surface area contributed by atoms with Gasteiger partial charge < -0.3 is 15.4 Å². The highest BCUT2D eigenvalue weighted by atomic mass is 16.3. The maximum Gasteiger partial charge on any atom is 0.268 e. The third-order valence-corrected chi connectivity index (χ3v) is 2.70. The molecule has 0 spiro atoms. The van der Waals surface area contributed by atoms with Gasteiger partial charge in [-0.25, -0.2) is 0 Å². The quantitative estimate of drug-likeness (QED) is 0.685. The van der Waals surface area contributed by atoms with Crippen LogP contribution in [0.3, 0.4) is 0 Å². The van der Waals surface area contributed by atoms with E-state index in [-0.39, 0.29) is 18.1 Å². The summed E-state index contributed by atoms with van der Waals surface area (Å²) in [6.07, 6.45) is 3.07. The summed E-state index contributed by atoms with van der Waals surface area (Å²) < 4.78 is 0. The molecule has 4 nitrogen and oxygen atoms in total. The highest BCUT2D eigenvalue weighted by Crippen LogP contribution is 2.14. The van der Waals surface area contributed by atoms with Gasteiger partial charge in [0.25, 0.3) is 5.91 Å². The summed E-state index contributed by atoms with van der Waals surface area (Å²) in [4.78, 5) is 14.6. The molecular weight excluding hydrogens is 192 g/mol. The Morgan fingerprint density at radius 3 is 2.87 bits per heavy atom. The van der Waals surface area contributed by atoms with Crippen LogP contribution in [0.15, 0.2) is 18.3 Å². The first-order chi connectivity index (χ1) is 7.11. The van der Waals surface area contributed by atoms with Crippen molar-refractivity contribution in [1.82, 2.24) is 10.3 Å². The van der Waals surface area contributed by atoms with Crippen molar-refractivity contribution >= 4 is 5.91 Å². The third-order valence-electron chi connectivity index (χ3n) is 2.70. The first-order valence-electron chi connectivity index (χ1n) is 5.18. The van der Waals surface area contributed by atoms with Crippen LogP contribution in [0.2, 0.25) is 0 Å². The summed E-state index contributed by atoms with van der Waals surface area (Å²) in [5, 5.41) is 11.8. The van der Waals surface area contributed by atoms with Crippen LogP contribution >= 0.6 is 0 Å². The van der Waals surface area contributed by atoms with Gasteiger partial charge in [0.1, 0.15) is 5.69 Å².